The molecule has 0 aliphatic heterocycles. The van der Waals surface area contributed by atoms with Crippen LogP contribution in [0.2, 0.25) is 0 Å². The molecule has 0 amide bonds. The molecule has 4 rings (SSSR count). The maximum Gasteiger partial charge on any atom is 0.200 e. The highest BCUT2D eigenvalue weighted by atomic mass is 16.5. The van der Waals surface area contributed by atoms with Crippen molar-refractivity contribution in [2.75, 3.05) is 7.11 Å². The van der Waals surface area contributed by atoms with Gasteiger partial charge in [0, 0.05) is 0 Å². The van der Waals surface area contributed by atoms with E-state index in [0.29, 0.717) is 34.4 Å². The smallest absolute Gasteiger partial charge is 0.200 e. The maximum atomic E-state index is 5.39. The molecule has 4 aromatic rings. The Bertz CT molecular complexity index is 878. The Balaban J connectivity index is 2.11. The fourth-order valence-electron chi connectivity index (χ4n) is 2.14. The van der Waals surface area contributed by atoms with Gasteiger partial charge in [-0.15, -0.1) is 10.2 Å². The quantitative estimate of drug-likeness (QED) is 0.523. The van der Waals surface area contributed by atoms with Gasteiger partial charge in [-0.3, -0.25) is 4.40 Å². The van der Waals surface area contributed by atoms with Crippen molar-refractivity contribution in [3.63, 3.8) is 0 Å². The van der Waals surface area contributed by atoms with E-state index in [1.54, 1.807) is 19.4 Å². The Hall–Kier alpha value is -3.37. The monoisotopic (exact) mass is 284 g/mol. The highest BCUT2D eigenvalue weighted by Crippen LogP contribution is 2.31. The minimum Gasteiger partial charge on any atom is -0.494 e. The molecule has 11 heteroatoms. The molecule has 104 valence electrons. The molecule has 4 aromatic heterocycles. The third-order valence-corrected chi connectivity index (χ3v) is 3.01. The predicted molar refractivity (Wildman–Crippen MR) is 68.1 cm³/mol. The number of nitrogens with zero attached hydrogens (tertiary/aromatic N) is 8. The number of hydrogen-bond acceptors (Lipinski definition) is 8. The van der Waals surface area contributed by atoms with Gasteiger partial charge >= 0.3 is 0 Å². The summed E-state index contributed by atoms with van der Waals surface area (Å²) in [5.74, 6) is 1.52. The summed E-state index contributed by atoms with van der Waals surface area (Å²) >= 11 is 0. The number of ether oxygens (including phenoxy) is 1. The normalized spacial score (nSPS) is 11.1. The van der Waals surface area contributed by atoms with Crippen LogP contribution in [0.3, 0.4) is 0 Å². The van der Waals surface area contributed by atoms with Gasteiger partial charge in [0.15, 0.2) is 11.6 Å². The molecule has 0 radical (unpaired) electrons. The van der Waals surface area contributed by atoms with Crippen LogP contribution in [0.4, 0.5) is 0 Å². The lowest BCUT2D eigenvalue weighted by Gasteiger charge is -2.09. The van der Waals surface area contributed by atoms with Gasteiger partial charge in [0.25, 0.3) is 0 Å². The molecule has 21 heavy (non-hydrogen) atoms. The van der Waals surface area contributed by atoms with Crippen molar-refractivity contribution in [2.24, 2.45) is 0 Å². The van der Waals surface area contributed by atoms with Crippen LogP contribution in [-0.2, 0) is 0 Å². The van der Waals surface area contributed by atoms with Crippen molar-refractivity contribution in [3.8, 4) is 28.8 Å². The molecule has 2 N–H and O–H groups in total. The number of pyridine rings is 1. The highest BCUT2D eigenvalue weighted by Gasteiger charge is 2.19. The summed E-state index contributed by atoms with van der Waals surface area (Å²) in [7, 11) is 1.57. The summed E-state index contributed by atoms with van der Waals surface area (Å²) in [5, 5.41) is 27.6. The van der Waals surface area contributed by atoms with E-state index >= 15 is 0 Å². The van der Waals surface area contributed by atoms with Crippen molar-refractivity contribution >= 4 is 5.65 Å². The summed E-state index contributed by atoms with van der Waals surface area (Å²) in [6.07, 6.45) is 1.66. The SMILES string of the molecule is COc1ccc2ncc(-c3nnn[nH]3)n2c1-c1nnn[nH]1. The van der Waals surface area contributed by atoms with Crippen LogP contribution in [0.15, 0.2) is 18.3 Å². The Morgan fingerprint density at radius 3 is 2.48 bits per heavy atom. The highest BCUT2D eigenvalue weighted by molar-refractivity contribution is 5.69. The first kappa shape index (κ1) is 11.5. The number of hydrogen-bond donors (Lipinski definition) is 2. The molecule has 0 saturated heterocycles. The van der Waals surface area contributed by atoms with Crippen molar-refractivity contribution in [1.29, 1.82) is 0 Å². The van der Waals surface area contributed by atoms with E-state index in [0.717, 1.165) is 0 Å². The summed E-state index contributed by atoms with van der Waals surface area (Å²) in [5.41, 5.74) is 1.98. The molecule has 0 aliphatic rings. The molecule has 11 nitrogen and oxygen atoms in total. The first-order chi connectivity index (χ1) is 10.4. The van der Waals surface area contributed by atoms with Gasteiger partial charge in [0.05, 0.1) is 13.3 Å². The maximum absolute atomic E-state index is 5.39. The largest absolute Gasteiger partial charge is 0.494 e. The lowest BCUT2D eigenvalue weighted by atomic mass is 10.3. The first-order valence-electron chi connectivity index (χ1n) is 5.91. The standard InChI is InChI=1S/C10H8N10O/c1-21-6-2-3-7-11-4-5(9-12-16-17-13-9)20(7)8(6)10-14-18-19-15-10/h2-4H,1H3,(H,12,13,16,17)(H,14,15,18,19). The van der Waals surface area contributed by atoms with Crippen LogP contribution in [-0.4, -0.2) is 57.7 Å². The molecule has 4 heterocycles. The summed E-state index contributed by atoms with van der Waals surface area (Å²) in [6.45, 7) is 0. The average molecular weight is 284 g/mol. The van der Waals surface area contributed by atoms with Crippen LogP contribution < -0.4 is 4.74 Å². The Labute approximate surface area is 116 Å². The lowest BCUT2D eigenvalue weighted by Crippen LogP contribution is -2.00. The van der Waals surface area contributed by atoms with Gasteiger partial charge in [0.1, 0.15) is 22.8 Å². The summed E-state index contributed by atoms with van der Waals surface area (Å²) < 4.78 is 7.20. The number of methoxy groups -OCH3 is 1. The molecular formula is C10H8N10O. The van der Waals surface area contributed by atoms with E-state index < -0.39 is 0 Å². The van der Waals surface area contributed by atoms with Crippen LogP contribution >= 0.6 is 0 Å². The van der Waals surface area contributed by atoms with Gasteiger partial charge in [-0.05, 0) is 33.0 Å². The minimum absolute atomic E-state index is 0.448. The lowest BCUT2D eigenvalue weighted by molar-refractivity contribution is 0.414. The van der Waals surface area contributed by atoms with E-state index in [-0.39, 0.29) is 0 Å². The predicted octanol–water partition coefficient (Wildman–Crippen LogP) is -0.297. The Morgan fingerprint density at radius 2 is 1.81 bits per heavy atom. The first-order valence-corrected chi connectivity index (χ1v) is 5.91. The molecular weight excluding hydrogens is 276 g/mol. The summed E-state index contributed by atoms with van der Waals surface area (Å²) in [6, 6.07) is 3.61. The van der Waals surface area contributed by atoms with E-state index in [1.807, 2.05) is 10.5 Å². The van der Waals surface area contributed by atoms with Crippen LogP contribution in [0, 0.1) is 0 Å². The van der Waals surface area contributed by atoms with E-state index in [2.05, 4.69) is 46.2 Å². The molecule has 0 aromatic carbocycles. The fourth-order valence-corrected chi connectivity index (χ4v) is 2.14. The second-order valence-electron chi connectivity index (χ2n) is 4.09. The van der Waals surface area contributed by atoms with Gasteiger partial charge in [-0.2, -0.15) is 0 Å². The zero-order valence-corrected chi connectivity index (χ0v) is 10.7. The number of rotatable bonds is 3. The number of nitrogens with one attached hydrogen (secondary N) is 2. The van der Waals surface area contributed by atoms with E-state index in [1.165, 1.54) is 0 Å². The second-order valence-corrected chi connectivity index (χ2v) is 4.09. The topological polar surface area (TPSA) is 135 Å². The second kappa shape index (κ2) is 4.33. The minimum atomic E-state index is 0.448. The zero-order valence-electron chi connectivity index (χ0n) is 10.7. The zero-order chi connectivity index (χ0) is 14.2. The average Bonchev–Trinajstić information content (AvgIpc) is 3.25. The van der Waals surface area contributed by atoms with Crippen molar-refractivity contribution in [2.45, 2.75) is 0 Å². The van der Waals surface area contributed by atoms with Gasteiger partial charge in [-0.25, -0.2) is 15.2 Å². The van der Waals surface area contributed by atoms with Crippen LogP contribution in [0.25, 0.3) is 28.7 Å². The van der Waals surface area contributed by atoms with Gasteiger partial charge in [-0.1, -0.05) is 0 Å². The molecule has 0 spiro atoms. The molecule has 0 atom stereocenters. The van der Waals surface area contributed by atoms with Crippen LogP contribution in [0.5, 0.6) is 5.75 Å². The number of H-pyrrole nitrogens is 2. The number of imidazole rings is 1. The Morgan fingerprint density at radius 1 is 1.05 bits per heavy atom. The molecule has 0 unspecified atom stereocenters. The number of tetrazole rings is 2. The van der Waals surface area contributed by atoms with Crippen LogP contribution in [0.1, 0.15) is 0 Å². The third kappa shape index (κ3) is 1.64. The number of aromatic amines is 2. The van der Waals surface area contributed by atoms with Crippen molar-refractivity contribution in [1.82, 2.24) is 50.6 Å². The van der Waals surface area contributed by atoms with E-state index in [9.17, 15) is 0 Å². The molecule has 0 saturated carbocycles. The summed E-state index contributed by atoms with van der Waals surface area (Å²) in [4.78, 5) is 4.33. The van der Waals surface area contributed by atoms with Crippen molar-refractivity contribution in [3.05, 3.63) is 18.3 Å². The molecule has 0 bridgehead atoms. The molecule has 0 fully saturated rings. The number of fused-ring (bicyclic) bond motifs is 1. The van der Waals surface area contributed by atoms with E-state index in [4.69, 9.17) is 4.74 Å². The Kier molecular flexibility index (Phi) is 2.36. The molecule has 0 aliphatic carbocycles. The van der Waals surface area contributed by atoms with Gasteiger partial charge < -0.3 is 4.74 Å². The van der Waals surface area contributed by atoms with Gasteiger partial charge in [0.2, 0.25) is 0 Å². The number of aromatic nitrogens is 10. The fraction of sp³-hybridized carbons (Fsp3) is 0.100. The van der Waals surface area contributed by atoms with Crippen molar-refractivity contribution < 1.29 is 4.74 Å². The third-order valence-electron chi connectivity index (χ3n) is 3.01.